The van der Waals surface area contributed by atoms with Gasteiger partial charge < -0.3 is 10.4 Å². The average molecular weight is 247 g/mol. The van der Waals surface area contributed by atoms with Crippen LogP contribution in [0.4, 0.5) is 5.82 Å². The summed E-state index contributed by atoms with van der Waals surface area (Å²) in [6.45, 7) is 0.881. The summed E-state index contributed by atoms with van der Waals surface area (Å²) in [7, 11) is 0. The second kappa shape index (κ2) is 4.89. The highest BCUT2D eigenvalue weighted by Crippen LogP contribution is 2.24. The lowest BCUT2D eigenvalue weighted by Crippen LogP contribution is -2.24. The van der Waals surface area contributed by atoms with Crippen LogP contribution < -0.4 is 5.32 Å². The van der Waals surface area contributed by atoms with Gasteiger partial charge in [-0.3, -0.25) is 4.40 Å². The zero-order chi connectivity index (χ0) is 12.4. The molecule has 18 heavy (non-hydrogen) atoms. The lowest BCUT2D eigenvalue weighted by Gasteiger charge is -2.25. The fourth-order valence-corrected chi connectivity index (χ4v) is 2.47. The van der Waals surface area contributed by atoms with Crippen LogP contribution in [0.2, 0.25) is 0 Å². The number of nitrogens with one attached hydrogen (secondary N) is 1. The van der Waals surface area contributed by atoms with Gasteiger partial charge in [-0.2, -0.15) is 0 Å². The molecule has 0 spiro atoms. The van der Waals surface area contributed by atoms with E-state index in [0.717, 1.165) is 43.7 Å². The Hall–Kier alpha value is -1.69. The molecule has 0 aliphatic heterocycles. The molecular formula is C12H17N5O. The summed E-state index contributed by atoms with van der Waals surface area (Å²) in [4.78, 5) is 4.29. The molecule has 0 aromatic carbocycles. The standard InChI is InChI=1S/C12H17N5O/c18-10-3-1-9(2-4-10)7-14-11-12-16-15-8-17(12)6-5-13-11/h5-6,8-10,18H,1-4,7H2,(H,13,14). The molecule has 0 unspecified atom stereocenters. The molecule has 96 valence electrons. The summed E-state index contributed by atoms with van der Waals surface area (Å²) in [6, 6.07) is 0. The van der Waals surface area contributed by atoms with E-state index in [1.165, 1.54) is 0 Å². The zero-order valence-corrected chi connectivity index (χ0v) is 10.2. The van der Waals surface area contributed by atoms with E-state index in [9.17, 15) is 5.11 Å². The molecule has 3 rings (SSSR count). The number of aliphatic hydroxyl groups excluding tert-OH is 1. The van der Waals surface area contributed by atoms with Crippen LogP contribution in [-0.4, -0.2) is 37.3 Å². The van der Waals surface area contributed by atoms with Gasteiger partial charge >= 0.3 is 0 Å². The van der Waals surface area contributed by atoms with Gasteiger partial charge in [0.15, 0.2) is 5.82 Å². The highest BCUT2D eigenvalue weighted by Gasteiger charge is 2.19. The number of aromatic nitrogens is 4. The molecule has 0 saturated heterocycles. The third kappa shape index (κ3) is 2.28. The monoisotopic (exact) mass is 247 g/mol. The van der Waals surface area contributed by atoms with E-state index in [2.05, 4.69) is 20.5 Å². The number of anilines is 1. The second-order valence-electron chi connectivity index (χ2n) is 4.89. The number of aliphatic hydroxyl groups is 1. The molecule has 6 heteroatoms. The molecule has 0 atom stereocenters. The normalized spacial score (nSPS) is 24.3. The number of hydrogen-bond acceptors (Lipinski definition) is 5. The maximum atomic E-state index is 9.47. The lowest BCUT2D eigenvalue weighted by molar-refractivity contribution is 0.111. The Bertz CT molecular complexity index is 518. The fraction of sp³-hybridized carbons (Fsp3) is 0.583. The van der Waals surface area contributed by atoms with Crippen molar-refractivity contribution in [1.82, 2.24) is 19.6 Å². The Morgan fingerprint density at radius 2 is 2.17 bits per heavy atom. The number of rotatable bonds is 3. The van der Waals surface area contributed by atoms with Crippen molar-refractivity contribution in [3.8, 4) is 0 Å². The first kappa shape index (κ1) is 11.4. The minimum atomic E-state index is -0.0979. The largest absolute Gasteiger partial charge is 0.393 e. The molecule has 2 heterocycles. The molecule has 2 aromatic heterocycles. The van der Waals surface area contributed by atoms with Crippen molar-refractivity contribution < 1.29 is 5.11 Å². The van der Waals surface area contributed by atoms with Gasteiger partial charge in [0.25, 0.3) is 0 Å². The molecule has 0 bridgehead atoms. The Labute approximate surface area is 105 Å². The Morgan fingerprint density at radius 1 is 1.33 bits per heavy atom. The van der Waals surface area contributed by atoms with E-state index in [0.29, 0.717) is 5.92 Å². The van der Waals surface area contributed by atoms with Crippen LogP contribution in [0.1, 0.15) is 25.7 Å². The molecule has 2 aromatic rings. The topological polar surface area (TPSA) is 75.3 Å². The Kier molecular flexibility index (Phi) is 3.10. The molecule has 1 fully saturated rings. The maximum Gasteiger partial charge on any atom is 0.203 e. The van der Waals surface area contributed by atoms with Crippen LogP contribution in [0, 0.1) is 5.92 Å². The van der Waals surface area contributed by atoms with Gasteiger partial charge in [0.2, 0.25) is 5.65 Å². The summed E-state index contributed by atoms with van der Waals surface area (Å²) < 4.78 is 1.85. The minimum absolute atomic E-state index is 0.0979. The van der Waals surface area contributed by atoms with Crippen molar-refractivity contribution in [2.75, 3.05) is 11.9 Å². The summed E-state index contributed by atoms with van der Waals surface area (Å²) in [5.41, 5.74) is 0.758. The molecule has 0 amide bonds. The van der Waals surface area contributed by atoms with E-state index in [1.54, 1.807) is 12.5 Å². The number of hydrogen-bond donors (Lipinski definition) is 2. The van der Waals surface area contributed by atoms with Gasteiger partial charge in [0.05, 0.1) is 6.10 Å². The molecular weight excluding hydrogens is 230 g/mol. The van der Waals surface area contributed by atoms with Gasteiger partial charge in [0, 0.05) is 18.9 Å². The predicted molar refractivity (Wildman–Crippen MR) is 67.2 cm³/mol. The molecule has 6 nitrogen and oxygen atoms in total. The lowest BCUT2D eigenvalue weighted by atomic mass is 9.87. The molecule has 1 aliphatic carbocycles. The maximum absolute atomic E-state index is 9.47. The van der Waals surface area contributed by atoms with Gasteiger partial charge in [-0.05, 0) is 31.6 Å². The summed E-state index contributed by atoms with van der Waals surface area (Å²) in [6.07, 6.45) is 9.11. The Balaban J connectivity index is 1.64. The van der Waals surface area contributed by atoms with Crippen molar-refractivity contribution >= 4 is 11.5 Å². The van der Waals surface area contributed by atoms with Crippen molar-refractivity contribution in [2.45, 2.75) is 31.8 Å². The summed E-state index contributed by atoms with van der Waals surface area (Å²) in [5, 5.41) is 20.7. The average Bonchev–Trinajstić information content (AvgIpc) is 2.87. The number of nitrogens with zero attached hydrogens (tertiary/aromatic N) is 4. The quantitative estimate of drug-likeness (QED) is 0.849. The molecule has 1 saturated carbocycles. The van der Waals surface area contributed by atoms with E-state index < -0.39 is 0 Å². The van der Waals surface area contributed by atoms with Crippen molar-refractivity contribution in [3.05, 3.63) is 18.7 Å². The smallest absolute Gasteiger partial charge is 0.203 e. The first-order chi connectivity index (χ1) is 8.83. The first-order valence-corrected chi connectivity index (χ1v) is 6.39. The van der Waals surface area contributed by atoms with E-state index in [4.69, 9.17) is 0 Å². The number of fused-ring (bicyclic) bond motifs is 1. The highest BCUT2D eigenvalue weighted by atomic mass is 16.3. The Morgan fingerprint density at radius 3 is 3.00 bits per heavy atom. The van der Waals surface area contributed by atoms with Crippen LogP contribution in [-0.2, 0) is 0 Å². The van der Waals surface area contributed by atoms with E-state index in [-0.39, 0.29) is 6.10 Å². The molecule has 0 radical (unpaired) electrons. The van der Waals surface area contributed by atoms with Crippen molar-refractivity contribution in [1.29, 1.82) is 0 Å². The zero-order valence-electron chi connectivity index (χ0n) is 10.2. The van der Waals surface area contributed by atoms with E-state index in [1.807, 2.05) is 10.6 Å². The van der Waals surface area contributed by atoms with Gasteiger partial charge in [-0.25, -0.2) is 4.98 Å². The van der Waals surface area contributed by atoms with Crippen LogP contribution in [0.5, 0.6) is 0 Å². The van der Waals surface area contributed by atoms with Crippen LogP contribution in [0.15, 0.2) is 18.7 Å². The second-order valence-corrected chi connectivity index (χ2v) is 4.89. The summed E-state index contributed by atoms with van der Waals surface area (Å²) in [5.74, 6) is 1.39. The van der Waals surface area contributed by atoms with Crippen molar-refractivity contribution in [3.63, 3.8) is 0 Å². The van der Waals surface area contributed by atoms with Crippen LogP contribution in [0.25, 0.3) is 5.65 Å². The SMILES string of the molecule is OC1CCC(CNc2nccn3cnnc23)CC1. The van der Waals surface area contributed by atoms with Crippen molar-refractivity contribution in [2.24, 2.45) is 5.92 Å². The first-order valence-electron chi connectivity index (χ1n) is 6.39. The van der Waals surface area contributed by atoms with Gasteiger partial charge in [0.1, 0.15) is 6.33 Å². The minimum Gasteiger partial charge on any atom is -0.393 e. The van der Waals surface area contributed by atoms with Crippen LogP contribution in [0.3, 0.4) is 0 Å². The third-order valence-corrected chi connectivity index (χ3v) is 3.59. The predicted octanol–water partition coefficient (Wildman–Crippen LogP) is 1.09. The van der Waals surface area contributed by atoms with Crippen LogP contribution >= 0.6 is 0 Å². The summed E-state index contributed by atoms with van der Waals surface area (Å²) >= 11 is 0. The molecule has 2 N–H and O–H groups in total. The van der Waals surface area contributed by atoms with Gasteiger partial charge in [-0.15, -0.1) is 10.2 Å². The van der Waals surface area contributed by atoms with E-state index >= 15 is 0 Å². The third-order valence-electron chi connectivity index (χ3n) is 3.59. The highest BCUT2D eigenvalue weighted by molar-refractivity contribution is 5.61. The fourth-order valence-electron chi connectivity index (χ4n) is 2.47. The molecule has 1 aliphatic rings. The van der Waals surface area contributed by atoms with Gasteiger partial charge in [-0.1, -0.05) is 0 Å².